The van der Waals surface area contributed by atoms with Gasteiger partial charge < -0.3 is 15.7 Å². The third-order valence-electron chi connectivity index (χ3n) is 5.78. The third kappa shape index (κ3) is 5.52. The fraction of sp³-hybridized carbons (Fsp3) is 0.214. The van der Waals surface area contributed by atoms with E-state index in [-0.39, 0.29) is 12.1 Å². The molecular formula is C28H30N2O. The second-order valence-corrected chi connectivity index (χ2v) is 8.14. The minimum Gasteiger partial charge on any atom is -0.508 e. The highest BCUT2D eigenvalue weighted by atomic mass is 16.3. The van der Waals surface area contributed by atoms with Gasteiger partial charge in [-0.3, -0.25) is 0 Å². The van der Waals surface area contributed by atoms with Crippen molar-refractivity contribution in [1.82, 2.24) is 10.6 Å². The van der Waals surface area contributed by atoms with Gasteiger partial charge in [-0.15, -0.1) is 0 Å². The largest absolute Gasteiger partial charge is 0.508 e. The maximum absolute atomic E-state index is 10.8. The first-order valence-electron chi connectivity index (χ1n) is 11.0. The first-order chi connectivity index (χ1) is 15.2. The molecule has 4 rings (SSSR count). The highest BCUT2D eigenvalue weighted by Crippen LogP contribution is 2.34. The summed E-state index contributed by atoms with van der Waals surface area (Å²) in [5.41, 5.74) is 3.48. The molecule has 3 heteroatoms. The number of fused-ring (bicyclic) bond motifs is 1. The lowest BCUT2D eigenvalue weighted by atomic mass is 9.93. The molecule has 3 nitrogen and oxygen atoms in total. The number of hydrogen-bond acceptors (Lipinski definition) is 3. The molecule has 0 saturated heterocycles. The topological polar surface area (TPSA) is 44.3 Å². The van der Waals surface area contributed by atoms with Gasteiger partial charge in [-0.05, 0) is 41.3 Å². The van der Waals surface area contributed by atoms with Crippen LogP contribution in [0.2, 0.25) is 0 Å². The molecule has 0 aromatic heterocycles. The van der Waals surface area contributed by atoms with Gasteiger partial charge in [0.15, 0.2) is 0 Å². The summed E-state index contributed by atoms with van der Waals surface area (Å²) in [4.78, 5) is 0. The first-order valence-corrected chi connectivity index (χ1v) is 11.0. The Bertz CT molecular complexity index is 1100. The van der Waals surface area contributed by atoms with E-state index in [0.717, 1.165) is 35.8 Å². The molecule has 158 valence electrons. The zero-order chi connectivity index (χ0) is 21.5. The lowest BCUT2D eigenvalue weighted by Gasteiger charge is -2.26. The molecule has 4 aromatic carbocycles. The summed E-state index contributed by atoms with van der Waals surface area (Å²) in [6.07, 6.45) is 0.862. The molecule has 0 saturated carbocycles. The number of phenolic OH excluding ortho intramolecular Hbond substituents is 1. The lowest BCUT2D eigenvalue weighted by molar-refractivity contribution is 0.397. The normalized spacial score (nSPS) is 13.2. The summed E-state index contributed by atoms with van der Waals surface area (Å²) >= 11 is 0. The Kier molecular flexibility index (Phi) is 6.98. The molecule has 2 atom stereocenters. The minimum absolute atomic E-state index is 0.0181. The standard InChI is InChI=1S/C28H30N2O/c1-21(29-19-22-10-4-2-5-11-22)18-26(30-20-23-12-6-3-7-13-23)28-25-15-9-8-14-24(25)16-17-27(28)31/h2-17,21,26,29-31H,18-20H2,1H3/t21-,26-/m1/s1. The molecule has 0 radical (unpaired) electrons. The van der Waals surface area contributed by atoms with Gasteiger partial charge in [0.2, 0.25) is 0 Å². The van der Waals surface area contributed by atoms with Gasteiger partial charge >= 0.3 is 0 Å². The van der Waals surface area contributed by atoms with E-state index in [0.29, 0.717) is 5.75 Å². The van der Waals surface area contributed by atoms with Gasteiger partial charge in [0, 0.05) is 30.7 Å². The van der Waals surface area contributed by atoms with Crippen molar-refractivity contribution in [2.75, 3.05) is 0 Å². The number of nitrogens with one attached hydrogen (secondary N) is 2. The highest BCUT2D eigenvalue weighted by molar-refractivity contribution is 5.88. The fourth-order valence-corrected chi connectivity index (χ4v) is 4.12. The summed E-state index contributed by atoms with van der Waals surface area (Å²) in [7, 11) is 0. The molecule has 0 spiro atoms. The molecular weight excluding hydrogens is 380 g/mol. The molecule has 0 unspecified atom stereocenters. The first kappa shape index (κ1) is 21.1. The Morgan fingerprint density at radius 1 is 0.677 bits per heavy atom. The summed E-state index contributed by atoms with van der Waals surface area (Å²) in [5, 5.41) is 20.4. The van der Waals surface area contributed by atoms with E-state index in [2.05, 4.69) is 78.2 Å². The SMILES string of the molecule is C[C@H](C[C@@H](NCc1ccccc1)c1c(O)ccc2ccccc12)NCc1ccccc1. The second-order valence-electron chi connectivity index (χ2n) is 8.14. The van der Waals surface area contributed by atoms with E-state index in [9.17, 15) is 5.11 Å². The lowest BCUT2D eigenvalue weighted by Crippen LogP contribution is -2.32. The van der Waals surface area contributed by atoms with Gasteiger partial charge in [0.05, 0.1) is 0 Å². The van der Waals surface area contributed by atoms with E-state index in [1.807, 2.05) is 36.4 Å². The monoisotopic (exact) mass is 410 g/mol. The van der Waals surface area contributed by atoms with Crippen LogP contribution in [0.4, 0.5) is 0 Å². The molecule has 0 aliphatic rings. The van der Waals surface area contributed by atoms with Crippen LogP contribution in [0.25, 0.3) is 10.8 Å². The Morgan fingerprint density at radius 3 is 1.94 bits per heavy atom. The van der Waals surface area contributed by atoms with Gasteiger partial charge in [0.25, 0.3) is 0 Å². The fourth-order valence-electron chi connectivity index (χ4n) is 4.12. The molecule has 0 aliphatic carbocycles. The van der Waals surface area contributed by atoms with Gasteiger partial charge in [0.1, 0.15) is 5.75 Å². The Morgan fingerprint density at radius 2 is 1.26 bits per heavy atom. The molecule has 31 heavy (non-hydrogen) atoms. The van der Waals surface area contributed by atoms with Gasteiger partial charge in [-0.25, -0.2) is 0 Å². The number of phenols is 1. The third-order valence-corrected chi connectivity index (χ3v) is 5.78. The molecule has 0 amide bonds. The van der Waals surface area contributed by atoms with Crippen molar-refractivity contribution >= 4 is 10.8 Å². The van der Waals surface area contributed by atoms with Crippen LogP contribution in [-0.4, -0.2) is 11.1 Å². The number of benzene rings is 4. The van der Waals surface area contributed by atoms with Crippen molar-refractivity contribution in [2.24, 2.45) is 0 Å². The number of hydrogen-bond donors (Lipinski definition) is 3. The second kappa shape index (κ2) is 10.3. The Labute approximate surface area is 184 Å². The predicted molar refractivity (Wildman–Crippen MR) is 129 cm³/mol. The summed E-state index contributed by atoms with van der Waals surface area (Å²) in [5.74, 6) is 0.347. The predicted octanol–water partition coefficient (Wildman–Crippen LogP) is 5.94. The van der Waals surface area contributed by atoms with Crippen molar-refractivity contribution in [3.05, 3.63) is 114 Å². The molecule has 0 bridgehead atoms. The Hall–Kier alpha value is -3.14. The van der Waals surface area contributed by atoms with E-state index in [4.69, 9.17) is 0 Å². The molecule has 0 aliphatic heterocycles. The van der Waals surface area contributed by atoms with Crippen LogP contribution in [0.5, 0.6) is 5.75 Å². The molecule has 3 N–H and O–H groups in total. The van der Waals surface area contributed by atoms with Crippen molar-refractivity contribution in [2.45, 2.75) is 38.5 Å². The quantitative estimate of drug-likeness (QED) is 0.320. The van der Waals surface area contributed by atoms with Crippen LogP contribution in [0.3, 0.4) is 0 Å². The average Bonchev–Trinajstić information content (AvgIpc) is 2.82. The molecule has 0 fully saturated rings. The van der Waals surface area contributed by atoms with Gasteiger partial charge in [-0.2, -0.15) is 0 Å². The van der Waals surface area contributed by atoms with Crippen LogP contribution in [0, 0.1) is 0 Å². The van der Waals surface area contributed by atoms with Crippen molar-refractivity contribution in [1.29, 1.82) is 0 Å². The molecule has 0 heterocycles. The zero-order valence-corrected chi connectivity index (χ0v) is 18.0. The van der Waals surface area contributed by atoms with E-state index in [1.165, 1.54) is 11.1 Å². The van der Waals surface area contributed by atoms with Crippen LogP contribution < -0.4 is 10.6 Å². The highest BCUT2D eigenvalue weighted by Gasteiger charge is 2.20. The van der Waals surface area contributed by atoms with Crippen LogP contribution in [0.15, 0.2) is 97.1 Å². The summed E-state index contributed by atoms with van der Waals surface area (Å²) in [6.45, 7) is 3.79. The van der Waals surface area contributed by atoms with Crippen molar-refractivity contribution in [3.63, 3.8) is 0 Å². The van der Waals surface area contributed by atoms with E-state index < -0.39 is 0 Å². The van der Waals surface area contributed by atoms with Crippen LogP contribution in [-0.2, 0) is 13.1 Å². The smallest absolute Gasteiger partial charge is 0.120 e. The van der Waals surface area contributed by atoms with Crippen molar-refractivity contribution in [3.8, 4) is 5.75 Å². The van der Waals surface area contributed by atoms with Crippen LogP contribution in [0.1, 0.15) is 36.1 Å². The maximum Gasteiger partial charge on any atom is 0.120 e. The van der Waals surface area contributed by atoms with Gasteiger partial charge in [-0.1, -0.05) is 91.0 Å². The van der Waals surface area contributed by atoms with Crippen LogP contribution >= 0.6 is 0 Å². The number of aromatic hydroxyl groups is 1. The summed E-state index contributed by atoms with van der Waals surface area (Å²) < 4.78 is 0. The maximum atomic E-state index is 10.8. The zero-order valence-electron chi connectivity index (χ0n) is 18.0. The van der Waals surface area contributed by atoms with E-state index in [1.54, 1.807) is 0 Å². The van der Waals surface area contributed by atoms with Crippen molar-refractivity contribution < 1.29 is 5.11 Å². The average molecular weight is 411 g/mol. The summed E-state index contributed by atoms with van der Waals surface area (Å²) in [6, 6.07) is 33.2. The minimum atomic E-state index is 0.0181. The van der Waals surface area contributed by atoms with E-state index >= 15 is 0 Å². The Balaban J connectivity index is 1.56. The number of rotatable bonds is 9. The molecule has 4 aromatic rings.